The zero-order valence-corrected chi connectivity index (χ0v) is 16.0. The van der Waals surface area contributed by atoms with Crippen molar-refractivity contribution in [3.05, 3.63) is 41.7 Å². The maximum Gasteiger partial charge on any atom is 0.272 e. The van der Waals surface area contributed by atoms with Gasteiger partial charge in [-0.05, 0) is 56.0 Å². The number of carbonyl (C=O) groups excluding carboxylic acids is 1. The molecule has 1 aromatic carbocycles. The minimum absolute atomic E-state index is 0.00611. The van der Waals surface area contributed by atoms with Gasteiger partial charge < -0.3 is 15.1 Å². The summed E-state index contributed by atoms with van der Waals surface area (Å²) in [5, 5.41) is 3.20. The average molecular weight is 353 g/mol. The number of nitrogens with one attached hydrogen (secondary N) is 1. The second-order valence-corrected chi connectivity index (χ2v) is 7.26. The third kappa shape index (κ3) is 4.31. The molecule has 1 aliphatic heterocycles. The van der Waals surface area contributed by atoms with Crippen molar-refractivity contribution in [2.75, 3.05) is 37.4 Å². The highest BCUT2D eigenvalue weighted by Crippen LogP contribution is 2.20. The Morgan fingerprint density at radius 3 is 2.42 bits per heavy atom. The van der Waals surface area contributed by atoms with Gasteiger partial charge in [0.2, 0.25) is 5.95 Å². The first-order valence-electron chi connectivity index (χ1n) is 9.12. The molecular formula is C20H27N5O. The summed E-state index contributed by atoms with van der Waals surface area (Å²) in [5.74, 6) is 1.14. The van der Waals surface area contributed by atoms with Gasteiger partial charge in [0.15, 0.2) is 0 Å². The molecule has 0 unspecified atom stereocenters. The highest BCUT2D eigenvalue weighted by Gasteiger charge is 2.23. The molecule has 2 heterocycles. The summed E-state index contributed by atoms with van der Waals surface area (Å²) in [4.78, 5) is 25.6. The van der Waals surface area contributed by atoms with Crippen LogP contribution in [0.1, 0.15) is 35.9 Å². The number of rotatable bonds is 4. The molecule has 138 valence electrons. The van der Waals surface area contributed by atoms with Crippen LogP contribution in [-0.4, -0.2) is 48.0 Å². The minimum Gasteiger partial charge on any atom is -0.378 e. The predicted octanol–water partition coefficient (Wildman–Crippen LogP) is 3.47. The van der Waals surface area contributed by atoms with Crippen LogP contribution in [0, 0.1) is 12.8 Å². The molecule has 1 amide bonds. The molecule has 2 aromatic rings. The molecule has 0 aliphatic carbocycles. The Bertz CT molecular complexity index is 764. The third-order valence-electron chi connectivity index (χ3n) is 4.78. The normalized spacial score (nSPS) is 15.0. The number of likely N-dealkylation sites (tertiary alicyclic amines) is 1. The molecule has 6 heteroatoms. The Kier molecular flexibility index (Phi) is 5.40. The zero-order valence-electron chi connectivity index (χ0n) is 16.0. The fraction of sp³-hybridized carbons (Fsp3) is 0.450. The van der Waals surface area contributed by atoms with Gasteiger partial charge in [-0.2, -0.15) is 0 Å². The van der Waals surface area contributed by atoms with Gasteiger partial charge in [0.1, 0.15) is 5.69 Å². The monoisotopic (exact) mass is 353 g/mol. The Labute approximate surface area is 155 Å². The van der Waals surface area contributed by atoms with E-state index in [2.05, 4.69) is 22.2 Å². The van der Waals surface area contributed by atoms with Crippen LogP contribution in [0.15, 0.2) is 30.3 Å². The Morgan fingerprint density at radius 2 is 1.81 bits per heavy atom. The summed E-state index contributed by atoms with van der Waals surface area (Å²) >= 11 is 0. The number of hydrogen-bond acceptors (Lipinski definition) is 5. The van der Waals surface area contributed by atoms with Crippen molar-refractivity contribution in [3.63, 3.8) is 0 Å². The van der Waals surface area contributed by atoms with Crippen LogP contribution in [0.4, 0.5) is 17.3 Å². The maximum atomic E-state index is 12.8. The van der Waals surface area contributed by atoms with E-state index in [0.29, 0.717) is 17.6 Å². The fourth-order valence-corrected chi connectivity index (χ4v) is 3.08. The molecule has 0 bridgehead atoms. The molecule has 1 fully saturated rings. The summed E-state index contributed by atoms with van der Waals surface area (Å²) in [6, 6.07) is 9.78. The van der Waals surface area contributed by atoms with Crippen molar-refractivity contribution >= 4 is 23.2 Å². The molecule has 0 atom stereocenters. The van der Waals surface area contributed by atoms with Gasteiger partial charge in [0, 0.05) is 44.3 Å². The van der Waals surface area contributed by atoms with E-state index in [1.807, 2.05) is 55.1 Å². The summed E-state index contributed by atoms with van der Waals surface area (Å²) in [6.45, 7) is 5.73. The van der Waals surface area contributed by atoms with E-state index in [0.717, 1.165) is 43.0 Å². The standard InChI is InChI=1S/C20H27N5O/c1-14-9-11-25(12-10-14)19(26)18-13-15(2)21-20(23-18)22-16-5-7-17(8-6-16)24(3)4/h5-8,13-14H,9-12H2,1-4H3,(H,21,22,23). The van der Waals surface area contributed by atoms with Crippen LogP contribution >= 0.6 is 0 Å². The topological polar surface area (TPSA) is 61.4 Å². The van der Waals surface area contributed by atoms with E-state index >= 15 is 0 Å². The molecule has 0 saturated carbocycles. The molecule has 0 spiro atoms. The SMILES string of the molecule is Cc1cc(C(=O)N2CCC(C)CC2)nc(Nc2ccc(N(C)C)cc2)n1. The van der Waals surface area contributed by atoms with Gasteiger partial charge in [-0.15, -0.1) is 0 Å². The number of hydrogen-bond donors (Lipinski definition) is 1. The number of benzene rings is 1. The van der Waals surface area contributed by atoms with Crippen LogP contribution in [0.2, 0.25) is 0 Å². The molecule has 1 aromatic heterocycles. The lowest BCUT2D eigenvalue weighted by Gasteiger charge is -2.30. The number of amides is 1. The highest BCUT2D eigenvalue weighted by atomic mass is 16.2. The van der Waals surface area contributed by atoms with Gasteiger partial charge >= 0.3 is 0 Å². The quantitative estimate of drug-likeness (QED) is 0.912. The smallest absolute Gasteiger partial charge is 0.272 e. The maximum absolute atomic E-state index is 12.8. The van der Waals surface area contributed by atoms with E-state index in [-0.39, 0.29) is 5.91 Å². The summed E-state index contributed by atoms with van der Waals surface area (Å²) in [6.07, 6.45) is 2.11. The molecule has 3 rings (SSSR count). The van der Waals surface area contributed by atoms with E-state index in [9.17, 15) is 4.79 Å². The van der Waals surface area contributed by atoms with Gasteiger partial charge in [0.25, 0.3) is 5.91 Å². The van der Waals surface area contributed by atoms with E-state index in [1.165, 1.54) is 0 Å². The van der Waals surface area contributed by atoms with Gasteiger partial charge in [-0.1, -0.05) is 6.92 Å². The predicted molar refractivity (Wildman–Crippen MR) is 105 cm³/mol. The number of carbonyl (C=O) groups is 1. The van der Waals surface area contributed by atoms with Crippen molar-refractivity contribution in [1.29, 1.82) is 0 Å². The molecule has 1 N–H and O–H groups in total. The Balaban J connectivity index is 1.75. The first-order chi connectivity index (χ1) is 12.4. The van der Waals surface area contributed by atoms with Crippen molar-refractivity contribution in [2.24, 2.45) is 5.92 Å². The fourth-order valence-electron chi connectivity index (χ4n) is 3.08. The molecule has 1 saturated heterocycles. The van der Waals surface area contributed by atoms with Crippen LogP contribution in [0.3, 0.4) is 0 Å². The summed E-state index contributed by atoms with van der Waals surface area (Å²) < 4.78 is 0. The van der Waals surface area contributed by atoms with Crippen LogP contribution in [0.5, 0.6) is 0 Å². The van der Waals surface area contributed by atoms with Crippen LogP contribution in [-0.2, 0) is 0 Å². The highest BCUT2D eigenvalue weighted by molar-refractivity contribution is 5.92. The Morgan fingerprint density at radius 1 is 1.15 bits per heavy atom. The summed E-state index contributed by atoms with van der Waals surface area (Å²) in [7, 11) is 4.01. The van der Waals surface area contributed by atoms with Gasteiger partial charge in [-0.25, -0.2) is 9.97 Å². The molecule has 6 nitrogen and oxygen atoms in total. The van der Waals surface area contributed by atoms with Crippen molar-refractivity contribution in [1.82, 2.24) is 14.9 Å². The summed E-state index contributed by atoms with van der Waals surface area (Å²) in [5.41, 5.74) is 3.25. The van der Waals surface area contributed by atoms with Crippen molar-refractivity contribution < 1.29 is 4.79 Å². The van der Waals surface area contributed by atoms with Crippen LogP contribution < -0.4 is 10.2 Å². The Hall–Kier alpha value is -2.63. The number of aromatic nitrogens is 2. The molecule has 26 heavy (non-hydrogen) atoms. The third-order valence-corrected chi connectivity index (χ3v) is 4.78. The first kappa shape index (κ1) is 18.2. The largest absolute Gasteiger partial charge is 0.378 e. The average Bonchev–Trinajstić information content (AvgIpc) is 2.61. The minimum atomic E-state index is -0.00611. The second kappa shape index (κ2) is 7.72. The second-order valence-electron chi connectivity index (χ2n) is 7.26. The lowest BCUT2D eigenvalue weighted by atomic mass is 9.99. The molecule has 0 radical (unpaired) electrons. The van der Waals surface area contributed by atoms with E-state index in [4.69, 9.17) is 0 Å². The van der Waals surface area contributed by atoms with Gasteiger partial charge in [-0.3, -0.25) is 4.79 Å². The van der Waals surface area contributed by atoms with E-state index < -0.39 is 0 Å². The van der Waals surface area contributed by atoms with Gasteiger partial charge in [0.05, 0.1) is 0 Å². The first-order valence-corrected chi connectivity index (χ1v) is 9.12. The van der Waals surface area contributed by atoms with Crippen molar-refractivity contribution in [3.8, 4) is 0 Å². The molecular weight excluding hydrogens is 326 g/mol. The van der Waals surface area contributed by atoms with Crippen molar-refractivity contribution in [2.45, 2.75) is 26.7 Å². The lowest BCUT2D eigenvalue weighted by molar-refractivity contribution is 0.0691. The van der Waals surface area contributed by atoms with Crippen LogP contribution in [0.25, 0.3) is 0 Å². The zero-order chi connectivity index (χ0) is 18.7. The lowest BCUT2D eigenvalue weighted by Crippen LogP contribution is -2.38. The number of nitrogens with zero attached hydrogens (tertiary/aromatic N) is 4. The number of piperidine rings is 1. The number of aryl methyl sites for hydroxylation is 1. The van der Waals surface area contributed by atoms with E-state index in [1.54, 1.807) is 6.07 Å². The molecule has 1 aliphatic rings. The number of anilines is 3.